The van der Waals surface area contributed by atoms with Crippen LogP contribution in [-0.4, -0.2) is 6.10 Å². The van der Waals surface area contributed by atoms with Gasteiger partial charge in [-0.3, -0.25) is 0 Å². The lowest BCUT2D eigenvalue weighted by Gasteiger charge is -2.43. The second-order valence-corrected chi connectivity index (χ2v) is 5.43. The smallest absolute Gasteiger partial charge is 0.101 e. The topological polar surface area (TPSA) is 9.23 Å². The first-order valence-corrected chi connectivity index (χ1v) is 5.41. The van der Waals surface area contributed by atoms with Crippen molar-refractivity contribution >= 4 is 0 Å². The molecule has 2 aliphatic rings. The van der Waals surface area contributed by atoms with Gasteiger partial charge in [-0.05, 0) is 36.7 Å². The van der Waals surface area contributed by atoms with Crippen molar-refractivity contribution in [1.29, 1.82) is 0 Å². The Labute approximate surface area is 81.2 Å². The van der Waals surface area contributed by atoms with E-state index in [0.29, 0.717) is 17.4 Å². The molecule has 13 heavy (non-hydrogen) atoms. The molecule has 0 saturated heterocycles. The van der Waals surface area contributed by atoms with E-state index in [-0.39, 0.29) is 0 Å². The number of fused-ring (bicyclic) bond motifs is 1. The lowest BCUT2D eigenvalue weighted by molar-refractivity contribution is -0.0185. The van der Waals surface area contributed by atoms with Gasteiger partial charge in [-0.25, -0.2) is 0 Å². The van der Waals surface area contributed by atoms with Crippen LogP contribution in [0, 0.1) is 17.3 Å². The molecule has 0 bridgehead atoms. The summed E-state index contributed by atoms with van der Waals surface area (Å²) in [6.07, 6.45) is 8.50. The second-order valence-electron chi connectivity index (χ2n) is 5.43. The van der Waals surface area contributed by atoms with Crippen molar-refractivity contribution < 1.29 is 4.74 Å². The van der Waals surface area contributed by atoms with Crippen molar-refractivity contribution in [3.8, 4) is 0 Å². The number of hydrogen-bond donors (Lipinski definition) is 0. The van der Waals surface area contributed by atoms with Crippen LogP contribution in [0.1, 0.15) is 40.0 Å². The van der Waals surface area contributed by atoms with Crippen molar-refractivity contribution in [2.24, 2.45) is 17.3 Å². The van der Waals surface area contributed by atoms with Crippen molar-refractivity contribution in [1.82, 2.24) is 0 Å². The van der Waals surface area contributed by atoms with Gasteiger partial charge >= 0.3 is 0 Å². The van der Waals surface area contributed by atoms with Gasteiger partial charge in [0, 0.05) is 5.92 Å². The fourth-order valence-electron chi connectivity index (χ4n) is 2.73. The zero-order chi connectivity index (χ0) is 9.47. The third-order valence-corrected chi connectivity index (χ3v) is 3.68. The molecule has 3 unspecified atom stereocenters. The highest BCUT2D eigenvalue weighted by atomic mass is 16.5. The zero-order valence-corrected chi connectivity index (χ0v) is 8.92. The standard InChI is InChI=1S/C12H20O/c1-9-5-7-13-11-4-6-12(2,3)8-10(9)11/h5,7,9-11H,4,6,8H2,1-3H3. The van der Waals surface area contributed by atoms with E-state index in [1.807, 2.05) is 6.26 Å². The maximum atomic E-state index is 5.67. The van der Waals surface area contributed by atoms with Crippen LogP contribution in [0.4, 0.5) is 0 Å². The number of rotatable bonds is 0. The molecular formula is C12H20O. The first-order valence-electron chi connectivity index (χ1n) is 5.41. The molecule has 1 saturated carbocycles. The molecular weight excluding hydrogens is 160 g/mol. The lowest BCUT2D eigenvalue weighted by atomic mass is 9.66. The Bertz CT molecular complexity index is 217. The Morgan fingerprint density at radius 1 is 1.38 bits per heavy atom. The molecule has 0 radical (unpaired) electrons. The first-order chi connectivity index (χ1) is 6.08. The molecule has 1 heterocycles. The van der Waals surface area contributed by atoms with Crippen molar-refractivity contribution in [3.05, 3.63) is 12.3 Å². The summed E-state index contributed by atoms with van der Waals surface area (Å²) in [4.78, 5) is 0. The monoisotopic (exact) mass is 180 g/mol. The summed E-state index contributed by atoms with van der Waals surface area (Å²) >= 11 is 0. The maximum absolute atomic E-state index is 5.67. The van der Waals surface area contributed by atoms with E-state index < -0.39 is 0 Å². The van der Waals surface area contributed by atoms with Gasteiger partial charge in [0.05, 0.1) is 6.26 Å². The van der Waals surface area contributed by atoms with Gasteiger partial charge in [0.2, 0.25) is 0 Å². The third-order valence-electron chi connectivity index (χ3n) is 3.68. The highest BCUT2D eigenvalue weighted by Gasteiger charge is 2.39. The predicted molar refractivity (Wildman–Crippen MR) is 54.3 cm³/mol. The van der Waals surface area contributed by atoms with E-state index in [2.05, 4.69) is 26.8 Å². The molecule has 0 N–H and O–H groups in total. The molecule has 1 nitrogen and oxygen atoms in total. The van der Waals surface area contributed by atoms with E-state index >= 15 is 0 Å². The largest absolute Gasteiger partial charge is 0.498 e. The van der Waals surface area contributed by atoms with E-state index in [4.69, 9.17) is 4.74 Å². The molecule has 3 atom stereocenters. The van der Waals surface area contributed by atoms with Crippen LogP contribution in [0.5, 0.6) is 0 Å². The number of hydrogen-bond acceptors (Lipinski definition) is 1. The normalized spacial score (nSPS) is 42.2. The summed E-state index contributed by atoms with van der Waals surface area (Å²) in [5.74, 6) is 1.46. The second kappa shape index (κ2) is 3.04. The van der Waals surface area contributed by atoms with Crippen molar-refractivity contribution in [2.75, 3.05) is 0 Å². The molecule has 0 amide bonds. The average molecular weight is 180 g/mol. The molecule has 74 valence electrons. The first kappa shape index (κ1) is 9.11. The van der Waals surface area contributed by atoms with Crippen LogP contribution in [0.2, 0.25) is 0 Å². The molecule has 1 aliphatic carbocycles. The summed E-state index contributed by atoms with van der Waals surface area (Å²) in [6, 6.07) is 0. The van der Waals surface area contributed by atoms with Crippen LogP contribution in [0.3, 0.4) is 0 Å². The van der Waals surface area contributed by atoms with Gasteiger partial charge in [0.15, 0.2) is 0 Å². The minimum absolute atomic E-state index is 0.507. The Morgan fingerprint density at radius 2 is 2.15 bits per heavy atom. The average Bonchev–Trinajstić information content (AvgIpc) is 2.06. The summed E-state index contributed by atoms with van der Waals surface area (Å²) in [6.45, 7) is 7.08. The van der Waals surface area contributed by atoms with Gasteiger partial charge in [0.1, 0.15) is 6.10 Å². The molecule has 0 aromatic heterocycles. The lowest BCUT2D eigenvalue weighted by Crippen LogP contribution is -2.39. The summed E-state index contributed by atoms with van der Waals surface area (Å²) in [5.41, 5.74) is 0.532. The summed E-state index contributed by atoms with van der Waals surface area (Å²) < 4.78 is 5.67. The van der Waals surface area contributed by atoms with E-state index in [9.17, 15) is 0 Å². The van der Waals surface area contributed by atoms with Gasteiger partial charge in [-0.2, -0.15) is 0 Å². The van der Waals surface area contributed by atoms with Gasteiger partial charge in [0.25, 0.3) is 0 Å². The molecule has 0 aromatic carbocycles. The zero-order valence-electron chi connectivity index (χ0n) is 8.92. The fraction of sp³-hybridized carbons (Fsp3) is 0.833. The van der Waals surface area contributed by atoms with Crippen molar-refractivity contribution in [2.45, 2.75) is 46.1 Å². The minimum atomic E-state index is 0.507. The summed E-state index contributed by atoms with van der Waals surface area (Å²) in [7, 11) is 0. The van der Waals surface area contributed by atoms with Gasteiger partial charge in [-0.15, -0.1) is 0 Å². The molecule has 0 aromatic rings. The number of ether oxygens (including phenoxy) is 1. The molecule has 1 fully saturated rings. The SMILES string of the molecule is CC1C=COC2CCC(C)(C)CC12. The van der Waals surface area contributed by atoms with Crippen LogP contribution in [0.25, 0.3) is 0 Å². The third kappa shape index (κ3) is 1.74. The van der Waals surface area contributed by atoms with Gasteiger partial charge < -0.3 is 4.74 Å². The van der Waals surface area contributed by atoms with Crippen LogP contribution >= 0.6 is 0 Å². The Hall–Kier alpha value is -0.460. The molecule has 1 aliphatic heterocycles. The minimum Gasteiger partial charge on any atom is -0.498 e. The number of allylic oxidation sites excluding steroid dienone is 1. The van der Waals surface area contributed by atoms with E-state index in [1.54, 1.807) is 0 Å². The molecule has 2 rings (SSSR count). The Kier molecular flexibility index (Phi) is 2.13. The maximum Gasteiger partial charge on any atom is 0.101 e. The fourth-order valence-corrected chi connectivity index (χ4v) is 2.73. The highest BCUT2D eigenvalue weighted by Crippen LogP contribution is 2.44. The molecule has 0 spiro atoms. The quantitative estimate of drug-likeness (QED) is 0.555. The van der Waals surface area contributed by atoms with E-state index in [0.717, 1.165) is 5.92 Å². The van der Waals surface area contributed by atoms with E-state index in [1.165, 1.54) is 19.3 Å². The molecule has 1 heteroatoms. The van der Waals surface area contributed by atoms with Crippen LogP contribution in [-0.2, 0) is 4.74 Å². The van der Waals surface area contributed by atoms with Crippen LogP contribution in [0.15, 0.2) is 12.3 Å². The highest BCUT2D eigenvalue weighted by molar-refractivity contribution is 4.98. The van der Waals surface area contributed by atoms with Gasteiger partial charge in [-0.1, -0.05) is 20.8 Å². The summed E-state index contributed by atoms with van der Waals surface area (Å²) in [5, 5.41) is 0. The predicted octanol–water partition coefficient (Wildman–Crippen LogP) is 3.36. The van der Waals surface area contributed by atoms with Crippen molar-refractivity contribution in [3.63, 3.8) is 0 Å². The Balaban J connectivity index is 2.12. The van der Waals surface area contributed by atoms with Crippen LogP contribution < -0.4 is 0 Å². The Morgan fingerprint density at radius 3 is 2.92 bits per heavy atom.